The van der Waals surface area contributed by atoms with Crippen LogP contribution in [0.4, 0.5) is 5.69 Å². The predicted molar refractivity (Wildman–Crippen MR) is 112 cm³/mol. The van der Waals surface area contributed by atoms with Gasteiger partial charge in [-0.15, -0.1) is 0 Å². The number of anilines is 1. The molecule has 1 N–H and O–H groups in total. The van der Waals surface area contributed by atoms with Gasteiger partial charge in [-0.05, 0) is 17.7 Å². The summed E-state index contributed by atoms with van der Waals surface area (Å²) >= 11 is 0. The summed E-state index contributed by atoms with van der Waals surface area (Å²) in [6, 6.07) is 20.3. The number of nitrogens with zero attached hydrogens (tertiary/aromatic N) is 1. The normalized spacial score (nSPS) is 11.9. The lowest BCUT2D eigenvalue weighted by Crippen LogP contribution is -2.36. The van der Waals surface area contributed by atoms with Crippen molar-refractivity contribution in [1.29, 1.82) is 0 Å². The first-order valence-electron chi connectivity index (χ1n) is 9.71. The summed E-state index contributed by atoms with van der Waals surface area (Å²) in [4.78, 5) is 26.0. The number of hydrogen-bond donors (Lipinski definition) is 1. The van der Waals surface area contributed by atoms with Gasteiger partial charge in [-0.3, -0.25) is 14.9 Å². The summed E-state index contributed by atoms with van der Waals surface area (Å²) in [5.41, 5.74) is 2.28. The smallest absolute Gasteiger partial charge is 0.310 e. The number of para-hydroxylation sites is 1. The fourth-order valence-electron chi connectivity index (χ4n) is 2.75. The molecule has 2 rings (SSSR count). The fraction of sp³-hybridized carbons (Fsp3) is 0.391. The van der Waals surface area contributed by atoms with E-state index < -0.39 is 5.92 Å². The molecule has 0 radical (unpaired) electrons. The second-order valence-electron chi connectivity index (χ2n) is 7.26. The standard InChI is InChI=1S/C23H30N2O3/c1-18(2)22(26)14-19(3)23(27)28-17-24-16-25(21-12-8-5-9-13-21)15-20-10-6-4-7-11-20/h4-13,18-19,24H,14-17H2,1-3H3. The minimum Gasteiger partial charge on any atom is -0.449 e. The van der Waals surface area contributed by atoms with E-state index in [4.69, 9.17) is 4.74 Å². The number of carbonyl (C=O) groups excluding carboxylic acids is 2. The third-order valence-corrected chi connectivity index (χ3v) is 4.51. The van der Waals surface area contributed by atoms with Crippen molar-refractivity contribution in [3.63, 3.8) is 0 Å². The first-order chi connectivity index (χ1) is 13.5. The highest BCUT2D eigenvalue weighted by molar-refractivity contribution is 5.85. The summed E-state index contributed by atoms with van der Waals surface area (Å²) in [6.45, 7) is 6.79. The van der Waals surface area contributed by atoms with Gasteiger partial charge < -0.3 is 9.64 Å². The Morgan fingerprint density at radius 2 is 1.57 bits per heavy atom. The second-order valence-corrected chi connectivity index (χ2v) is 7.26. The molecule has 0 saturated carbocycles. The van der Waals surface area contributed by atoms with Crippen molar-refractivity contribution in [1.82, 2.24) is 5.32 Å². The highest BCUT2D eigenvalue weighted by Crippen LogP contribution is 2.16. The minimum absolute atomic E-state index is 0.0641. The number of ketones is 1. The zero-order valence-electron chi connectivity index (χ0n) is 16.9. The van der Waals surface area contributed by atoms with Gasteiger partial charge in [0, 0.05) is 24.6 Å². The molecule has 0 aliphatic rings. The molecule has 0 aliphatic heterocycles. The number of Topliss-reactive ketones (excluding diaryl/α,β-unsaturated/α-hetero) is 1. The Balaban J connectivity index is 1.84. The van der Waals surface area contributed by atoms with Gasteiger partial charge in [0.15, 0.2) is 0 Å². The van der Waals surface area contributed by atoms with Crippen molar-refractivity contribution >= 4 is 17.4 Å². The van der Waals surface area contributed by atoms with E-state index in [2.05, 4.69) is 34.5 Å². The van der Waals surface area contributed by atoms with Crippen LogP contribution < -0.4 is 10.2 Å². The van der Waals surface area contributed by atoms with Crippen LogP contribution in [0.15, 0.2) is 60.7 Å². The van der Waals surface area contributed by atoms with E-state index in [1.165, 1.54) is 5.56 Å². The minimum atomic E-state index is -0.425. The zero-order valence-corrected chi connectivity index (χ0v) is 16.9. The van der Waals surface area contributed by atoms with E-state index in [1.807, 2.05) is 50.2 Å². The number of carbonyl (C=O) groups is 2. The molecule has 2 aromatic carbocycles. The van der Waals surface area contributed by atoms with E-state index >= 15 is 0 Å². The maximum absolute atomic E-state index is 12.1. The molecule has 150 valence electrons. The van der Waals surface area contributed by atoms with Crippen LogP contribution in [0.1, 0.15) is 32.8 Å². The van der Waals surface area contributed by atoms with E-state index in [1.54, 1.807) is 6.92 Å². The summed E-state index contributed by atoms with van der Waals surface area (Å²) in [5, 5.41) is 3.16. The highest BCUT2D eigenvalue weighted by Gasteiger charge is 2.20. The lowest BCUT2D eigenvalue weighted by Gasteiger charge is -2.25. The van der Waals surface area contributed by atoms with Crippen molar-refractivity contribution < 1.29 is 14.3 Å². The number of ether oxygens (including phenoxy) is 1. The van der Waals surface area contributed by atoms with Crippen molar-refractivity contribution in [2.45, 2.75) is 33.7 Å². The summed E-state index contributed by atoms with van der Waals surface area (Å²) in [5.74, 6) is -0.761. The van der Waals surface area contributed by atoms with Crippen LogP contribution in [-0.2, 0) is 20.9 Å². The van der Waals surface area contributed by atoms with Crippen LogP contribution in [0.2, 0.25) is 0 Å². The van der Waals surface area contributed by atoms with E-state index in [-0.39, 0.29) is 30.8 Å². The molecular weight excluding hydrogens is 352 g/mol. The third kappa shape index (κ3) is 7.16. The van der Waals surface area contributed by atoms with Crippen LogP contribution in [0, 0.1) is 11.8 Å². The number of nitrogens with one attached hydrogen (secondary N) is 1. The second kappa shape index (κ2) is 11.2. The first kappa shape index (κ1) is 21.6. The molecule has 0 spiro atoms. The van der Waals surface area contributed by atoms with Crippen molar-refractivity contribution in [3.8, 4) is 0 Å². The summed E-state index contributed by atoms with van der Waals surface area (Å²) in [6.07, 6.45) is 0.223. The zero-order chi connectivity index (χ0) is 20.4. The molecule has 0 saturated heterocycles. The molecule has 0 amide bonds. The molecule has 0 aromatic heterocycles. The van der Waals surface area contributed by atoms with Gasteiger partial charge in [0.1, 0.15) is 12.5 Å². The van der Waals surface area contributed by atoms with Crippen LogP contribution in [0.25, 0.3) is 0 Å². The number of hydrogen-bond acceptors (Lipinski definition) is 5. The van der Waals surface area contributed by atoms with Crippen LogP contribution >= 0.6 is 0 Å². The van der Waals surface area contributed by atoms with Crippen molar-refractivity contribution in [2.75, 3.05) is 18.3 Å². The molecule has 5 heteroatoms. The Bertz CT molecular complexity index is 732. The number of benzene rings is 2. The molecule has 0 aliphatic carbocycles. The molecule has 1 atom stereocenters. The average Bonchev–Trinajstić information content (AvgIpc) is 2.71. The fourth-order valence-corrected chi connectivity index (χ4v) is 2.75. The molecule has 5 nitrogen and oxygen atoms in total. The maximum Gasteiger partial charge on any atom is 0.310 e. The summed E-state index contributed by atoms with van der Waals surface area (Å²) < 4.78 is 5.29. The molecule has 28 heavy (non-hydrogen) atoms. The topological polar surface area (TPSA) is 58.6 Å². The SMILES string of the molecule is CC(C)C(=O)CC(C)C(=O)OCNCN(Cc1ccccc1)c1ccccc1. The third-order valence-electron chi connectivity index (χ3n) is 4.51. The maximum atomic E-state index is 12.1. The Kier molecular flexibility index (Phi) is 8.69. The van der Waals surface area contributed by atoms with Crippen LogP contribution in [-0.4, -0.2) is 25.2 Å². The van der Waals surface area contributed by atoms with Crippen LogP contribution in [0.5, 0.6) is 0 Å². The molecule has 0 heterocycles. The van der Waals surface area contributed by atoms with Gasteiger partial charge >= 0.3 is 5.97 Å². The molecular formula is C23H30N2O3. The van der Waals surface area contributed by atoms with Gasteiger partial charge in [0.25, 0.3) is 0 Å². The first-order valence-corrected chi connectivity index (χ1v) is 9.71. The van der Waals surface area contributed by atoms with Gasteiger partial charge in [-0.25, -0.2) is 0 Å². The number of rotatable bonds is 11. The molecule has 2 aromatic rings. The van der Waals surface area contributed by atoms with Gasteiger partial charge in [-0.1, -0.05) is 69.3 Å². The monoisotopic (exact) mass is 382 g/mol. The van der Waals surface area contributed by atoms with Crippen molar-refractivity contribution in [3.05, 3.63) is 66.2 Å². The van der Waals surface area contributed by atoms with E-state index in [0.29, 0.717) is 6.67 Å². The molecule has 0 bridgehead atoms. The Hall–Kier alpha value is -2.66. The lowest BCUT2D eigenvalue weighted by molar-refractivity contribution is -0.150. The Morgan fingerprint density at radius 1 is 0.964 bits per heavy atom. The number of esters is 1. The van der Waals surface area contributed by atoms with Gasteiger partial charge in [-0.2, -0.15) is 0 Å². The van der Waals surface area contributed by atoms with Gasteiger partial charge in [0.2, 0.25) is 0 Å². The molecule has 0 fully saturated rings. The average molecular weight is 383 g/mol. The lowest BCUT2D eigenvalue weighted by atomic mass is 9.98. The quantitative estimate of drug-likeness (QED) is 0.362. The Morgan fingerprint density at radius 3 is 2.18 bits per heavy atom. The highest BCUT2D eigenvalue weighted by atomic mass is 16.5. The van der Waals surface area contributed by atoms with Crippen molar-refractivity contribution in [2.24, 2.45) is 11.8 Å². The van der Waals surface area contributed by atoms with Crippen LogP contribution in [0.3, 0.4) is 0 Å². The van der Waals surface area contributed by atoms with E-state index in [9.17, 15) is 9.59 Å². The largest absolute Gasteiger partial charge is 0.449 e. The predicted octanol–water partition coefficient (Wildman–Crippen LogP) is 3.99. The van der Waals surface area contributed by atoms with Gasteiger partial charge in [0.05, 0.1) is 12.6 Å². The Labute approximate surface area is 167 Å². The van der Waals surface area contributed by atoms with E-state index in [0.717, 1.165) is 12.2 Å². The molecule has 1 unspecified atom stereocenters. The summed E-state index contributed by atoms with van der Waals surface area (Å²) in [7, 11) is 0.